The Bertz CT molecular complexity index is 789. The smallest absolute Gasteiger partial charge is 0.246 e. The number of unbranched alkanes of at least 4 members (excludes halogenated alkanes) is 1. The van der Waals surface area contributed by atoms with Crippen molar-refractivity contribution in [3.63, 3.8) is 0 Å². The fourth-order valence-corrected chi connectivity index (χ4v) is 4.18. The summed E-state index contributed by atoms with van der Waals surface area (Å²) in [7, 11) is 0. The topological polar surface area (TPSA) is 183 Å². The number of nitrogens with zero attached hydrogens (tertiary/aromatic N) is 2. The summed E-state index contributed by atoms with van der Waals surface area (Å²) in [5, 5.41) is 17.3. The number of carbonyl (C=O) groups excluding carboxylic acids is 4. The minimum absolute atomic E-state index is 0.0320. The first-order valence-corrected chi connectivity index (χ1v) is 12.7. The van der Waals surface area contributed by atoms with Crippen molar-refractivity contribution >= 4 is 23.6 Å². The summed E-state index contributed by atoms with van der Waals surface area (Å²) in [5.41, 5.74) is 11.1. The highest BCUT2D eigenvalue weighted by atomic mass is 19.1. The highest BCUT2D eigenvalue weighted by Crippen LogP contribution is 2.21. The molecule has 0 aromatic heterocycles. The van der Waals surface area contributed by atoms with Crippen molar-refractivity contribution < 1.29 is 23.6 Å². The van der Waals surface area contributed by atoms with Gasteiger partial charge in [-0.2, -0.15) is 5.26 Å². The number of likely N-dealkylation sites (tertiary alicyclic amines) is 1. The molecule has 2 unspecified atom stereocenters. The Balaban J connectivity index is 3.02. The quantitative estimate of drug-likeness (QED) is 0.189. The maximum Gasteiger partial charge on any atom is 0.246 e. The van der Waals surface area contributed by atoms with Crippen molar-refractivity contribution in [1.29, 1.82) is 5.26 Å². The summed E-state index contributed by atoms with van der Waals surface area (Å²) in [6.45, 7) is 5.61. The van der Waals surface area contributed by atoms with E-state index >= 15 is 0 Å². The Labute approximate surface area is 212 Å². The van der Waals surface area contributed by atoms with Crippen LogP contribution in [0.25, 0.3) is 0 Å². The second-order valence-electron chi connectivity index (χ2n) is 9.69. The van der Waals surface area contributed by atoms with Gasteiger partial charge in [0.25, 0.3) is 0 Å². The molecule has 0 spiro atoms. The zero-order valence-corrected chi connectivity index (χ0v) is 21.6. The second kappa shape index (κ2) is 16.1. The number of nitrogens with two attached hydrogens (primary N) is 2. The van der Waals surface area contributed by atoms with Crippen molar-refractivity contribution in [2.75, 3.05) is 19.6 Å². The molecule has 0 aromatic rings. The summed E-state index contributed by atoms with van der Waals surface area (Å²) in [6.07, 6.45) is 1.23. The zero-order valence-electron chi connectivity index (χ0n) is 21.6. The number of hydrogen-bond acceptors (Lipinski definition) is 7. The predicted molar refractivity (Wildman–Crippen MR) is 133 cm³/mol. The van der Waals surface area contributed by atoms with E-state index in [4.69, 9.17) is 11.5 Å². The normalized spacial score (nSPS) is 19.8. The molecule has 1 rings (SSSR count). The zero-order chi connectivity index (χ0) is 27.3. The Morgan fingerprint density at radius 2 is 1.56 bits per heavy atom. The number of nitriles is 1. The van der Waals surface area contributed by atoms with Crippen molar-refractivity contribution in [3.8, 4) is 6.07 Å². The highest BCUT2D eigenvalue weighted by Gasteiger charge is 2.39. The van der Waals surface area contributed by atoms with E-state index in [0.717, 1.165) is 4.90 Å². The molecule has 0 aromatic carbocycles. The molecule has 11 nitrogen and oxygen atoms in total. The molecule has 4 amide bonds. The summed E-state index contributed by atoms with van der Waals surface area (Å²) < 4.78 is 13.9. The van der Waals surface area contributed by atoms with E-state index < -0.39 is 48.1 Å². The van der Waals surface area contributed by atoms with Gasteiger partial charge in [0.15, 0.2) is 0 Å². The van der Waals surface area contributed by atoms with Gasteiger partial charge in [0.2, 0.25) is 23.6 Å². The highest BCUT2D eigenvalue weighted by molar-refractivity contribution is 5.94. The lowest BCUT2D eigenvalue weighted by atomic mass is 10.0. The van der Waals surface area contributed by atoms with Crippen LogP contribution in [0.5, 0.6) is 0 Å². The molecule has 1 heterocycles. The van der Waals surface area contributed by atoms with Gasteiger partial charge in [-0.25, -0.2) is 4.39 Å². The molecular weight excluding hydrogens is 469 g/mol. The number of amides is 4. The molecule has 7 N–H and O–H groups in total. The lowest BCUT2D eigenvalue weighted by Gasteiger charge is -2.29. The van der Waals surface area contributed by atoms with Crippen LogP contribution in [-0.2, 0) is 19.2 Å². The van der Waals surface area contributed by atoms with Crippen molar-refractivity contribution in [1.82, 2.24) is 20.9 Å². The van der Waals surface area contributed by atoms with Gasteiger partial charge in [0.05, 0.1) is 12.6 Å². The van der Waals surface area contributed by atoms with E-state index in [0.29, 0.717) is 38.6 Å². The average Bonchev–Trinajstić information content (AvgIpc) is 3.20. The molecule has 1 aliphatic heterocycles. The maximum absolute atomic E-state index is 13.9. The van der Waals surface area contributed by atoms with Crippen LogP contribution in [0.1, 0.15) is 65.7 Å². The summed E-state index contributed by atoms with van der Waals surface area (Å²) >= 11 is 0. The lowest BCUT2D eigenvalue weighted by molar-refractivity contribution is -0.138. The number of alkyl halides is 1. The van der Waals surface area contributed by atoms with Crippen molar-refractivity contribution in [2.24, 2.45) is 17.4 Å². The SMILES string of the molecule is CC(=O)N[C@@H](CCCCN)C(=O)N[C@@H](CC(C)C)C(=O)N[C@@H](CCCN)C(=O)N1CC(F)CC1C#N. The molecule has 0 aliphatic carbocycles. The Morgan fingerprint density at radius 3 is 2.11 bits per heavy atom. The average molecular weight is 512 g/mol. The van der Waals surface area contributed by atoms with Crippen LogP contribution in [0, 0.1) is 17.2 Å². The lowest BCUT2D eigenvalue weighted by Crippen LogP contribution is -2.57. The van der Waals surface area contributed by atoms with Crippen LogP contribution < -0.4 is 27.4 Å². The molecule has 1 fully saturated rings. The third-order valence-electron chi connectivity index (χ3n) is 5.97. The van der Waals surface area contributed by atoms with Gasteiger partial charge in [-0.05, 0) is 57.5 Å². The van der Waals surface area contributed by atoms with Gasteiger partial charge in [0.1, 0.15) is 30.3 Å². The minimum Gasteiger partial charge on any atom is -0.345 e. The summed E-state index contributed by atoms with van der Waals surface area (Å²) in [6, 6.07) is -1.76. The fourth-order valence-electron chi connectivity index (χ4n) is 4.18. The molecule has 5 atom stereocenters. The van der Waals surface area contributed by atoms with Crippen LogP contribution in [-0.4, -0.2) is 78.5 Å². The van der Waals surface area contributed by atoms with E-state index in [2.05, 4.69) is 16.0 Å². The second-order valence-corrected chi connectivity index (χ2v) is 9.69. The largest absolute Gasteiger partial charge is 0.345 e. The molecule has 0 radical (unpaired) electrons. The number of halogens is 1. The molecule has 1 aliphatic rings. The third-order valence-corrected chi connectivity index (χ3v) is 5.97. The van der Waals surface area contributed by atoms with E-state index in [-0.39, 0.29) is 37.8 Å². The first kappa shape index (κ1) is 31.3. The Kier molecular flexibility index (Phi) is 13.9. The Morgan fingerprint density at radius 1 is 0.972 bits per heavy atom. The van der Waals surface area contributed by atoms with Gasteiger partial charge >= 0.3 is 0 Å². The molecule has 0 bridgehead atoms. The van der Waals surface area contributed by atoms with Crippen LogP contribution in [0.15, 0.2) is 0 Å². The van der Waals surface area contributed by atoms with Gasteiger partial charge in [0, 0.05) is 13.3 Å². The standard InChI is InChI=1S/C24H42FN7O4/c1-15(2)11-21(31-22(34)19(29-16(3)33)7-4-5-9-26)23(35)30-20(8-6-10-27)24(36)32-14-17(25)12-18(32)13-28/h15,17-21H,4-12,14,26-27H2,1-3H3,(H,29,33)(H,30,35)(H,31,34)/t17?,18?,19-,20-,21-/m0/s1. The monoisotopic (exact) mass is 511 g/mol. The maximum atomic E-state index is 13.9. The molecule has 204 valence electrons. The molecular formula is C24H42FN7O4. The molecule has 12 heteroatoms. The molecule has 36 heavy (non-hydrogen) atoms. The van der Waals surface area contributed by atoms with Crippen molar-refractivity contribution in [2.45, 2.75) is 96.1 Å². The van der Waals surface area contributed by atoms with Crippen LogP contribution in [0.3, 0.4) is 0 Å². The first-order valence-electron chi connectivity index (χ1n) is 12.7. The fraction of sp³-hybridized carbons (Fsp3) is 0.792. The van der Waals surface area contributed by atoms with Crippen molar-refractivity contribution in [3.05, 3.63) is 0 Å². The minimum atomic E-state index is -1.30. The van der Waals surface area contributed by atoms with E-state index in [1.807, 2.05) is 19.9 Å². The van der Waals surface area contributed by atoms with Crippen LogP contribution in [0.4, 0.5) is 4.39 Å². The van der Waals surface area contributed by atoms with Gasteiger partial charge < -0.3 is 32.3 Å². The van der Waals surface area contributed by atoms with Gasteiger partial charge in [-0.3, -0.25) is 19.2 Å². The molecule has 0 saturated carbocycles. The van der Waals surface area contributed by atoms with E-state index in [9.17, 15) is 28.8 Å². The number of rotatable bonds is 15. The predicted octanol–water partition coefficient (Wildman–Crippen LogP) is -0.163. The Hall–Kier alpha value is -2.78. The summed E-state index contributed by atoms with van der Waals surface area (Å²) in [5.74, 6) is -1.96. The summed E-state index contributed by atoms with van der Waals surface area (Å²) in [4.78, 5) is 52.2. The number of hydrogen-bond donors (Lipinski definition) is 5. The van der Waals surface area contributed by atoms with Gasteiger partial charge in [-0.1, -0.05) is 13.8 Å². The van der Waals surface area contributed by atoms with E-state index in [1.165, 1.54) is 6.92 Å². The van der Waals surface area contributed by atoms with Crippen LogP contribution >= 0.6 is 0 Å². The number of carbonyl (C=O) groups is 4. The third kappa shape index (κ3) is 10.5. The van der Waals surface area contributed by atoms with Gasteiger partial charge in [-0.15, -0.1) is 0 Å². The van der Waals surface area contributed by atoms with E-state index in [1.54, 1.807) is 0 Å². The number of nitrogens with one attached hydrogen (secondary N) is 3. The first-order chi connectivity index (χ1) is 17.0. The molecule has 1 saturated heterocycles. The van der Waals surface area contributed by atoms with Crippen LogP contribution in [0.2, 0.25) is 0 Å².